The Labute approximate surface area is 172 Å². The first-order chi connectivity index (χ1) is 13.8. The molecule has 1 aromatic rings. The first-order valence-electron chi connectivity index (χ1n) is 8.89. The van der Waals surface area contributed by atoms with Gasteiger partial charge in [-0.25, -0.2) is 22.3 Å². The third-order valence-corrected chi connectivity index (χ3v) is 6.40. The van der Waals surface area contributed by atoms with Crippen LogP contribution in [-0.4, -0.2) is 67.2 Å². The minimum atomic E-state index is -4.81. The fraction of sp³-hybridized carbons (Fsp3) is 0.444. The van der Waals surface area contributed by atoms with Crippen LogP contribution in [0.4, 0.5) is 18.0 Å². The molecule has 0 saturated heterocycles. The summed E-state index contributed by atoms with van der Waals surface area (Å²) in [4.78, 5) is 26.2. The predicted molar refractivity (Wildman–Crippen MR) is 103 cm³/mol. The smallest absolute Gasteiger partial charge is 0.417 e. The summed E-state index contributed by atoms with van der Waals surface area (Å²) in [6.45, 7) is 1.57. The van der Waals surface area contributed by atoms with Gasteiger partial charge in [-0.15, -0.1) is 0 Å². The summed E-state index contributed by atoms with van der Waals surface area (Å²) >= 11 is 0. The zero-order chi connectivity index (χ0) is 22.9. The molecule has 30 heavy (non-hydrogen) atoms. The number of urea groups is 1. The molecule has 2 rings (SSSR count). The third kappa shape index (κ3) is 4.93. The van der Waals surface area contributed by atoms with Gasteiger partial charge in [-0.2, -0.15) is 13.2 Å². The fourth-order valence-electron chi connectivity index (χ4n) is 3.21. The van der Waals surface area contributed by atoms with Crippen molar-refractivity contribution in [2.24, 2.45) is 0 Å². The molecule has 1 aromatic carbocycles. The highest BCUT2D eigenvalue weighted by molar-refractivity contribution is 7.89. The highest BCUT2D eigenvalue weighted by Gasteiger charge is 2.44. The van der Waals surface area contributed by atoms with Gasteiger partial charge < -0.3 is 15.3 Å². The monoisotopic (exact) mass is 449 g/mol. The number of nitrogens with zero attached hydrogens (tertiary/aromatic N) is 2. The molecule has 166 valence electrons. The van der Waals surface area contributed by atoms with Crippen LogP contribution >= 0.6 is 0 Å². The van der Waals surface area contributed by atoms with E-state index in [9.17, 15) is 36.3 Å². The van der Waals surface area contributed by atoms with E-state index in [1.807, 2.05) is 0 Å². The lowest BCUT2D eigenvalue weighted by Gasteiger charge is -2.35. The summed E-state index contributed by atoms with van der Waals surface area (Å²) in [7, 11) is -0.744. The molecule has 0 bridgehead atoms. The van der Waals surface area contributed by atoms with Crippen molar-refractivity contribution in [2.75, 3.05) is 26.4 Å². The number of hydrogen-bond donors (Lipinski definition) is 2. The molecule has 1 aliphatic heterocycles. The summed E-state index contributed by atoms with van der Waals surface area (Å²) < 4.78 is 65.9. The van der Waals surface area contributed by atoms with Crippen LogP contribution in [0.2, 0.25) is 0 Å². The van der Waals surface area contributed by atoms with Crippen LogP contribution in [0.25, 0.3) is 5.70 Å². The SMILES string of the molecule is CC1C(C(=O)O)=C(c2ccccc2C(F)(F)F)NC(=O)N1S(=O)(=O)CCCN(C)C. The van der Waals surface area contributed by atoms with E-state index in [0.717, 1.165) is 25.1 Å². The van der Waals surface area contributed by atoms with Gasteiger partial charge in [0.2, 0.25) is 10.0 Å². The normalized spacial score (nSPS) is 18.0. The van der Waals surface area contributed by atoms with Gasteiger partial charge in [0.15, 0.2) is 0 Å². The Morgan fingerprint density at radius 1 is 1.27 bits per heavy atom. The molecule has 2 amide bonds. The number of carboxylic acids is 1. The van der Waals surface area contributed by atoms with Crippen LogP contribution in [0.1, 0.15) is 24.5 Å². The van der Waals surface area contributed by atoms with Gasteiger partial charge in [-0.3, -0.25) is 0 Å². The standard InChI is InChI=1S/C18H22F3N3O5S/c1-11-14(16(25)26)15(12-7-4-5-8-13(12)18(19,20)21)22-17(27)24(11)30(28,29)10-6-9-23(2)3/h4-5,7-8,11H,6,9-10H2,1-3H3,(H,22,27)(H,25,26). The number of benzene rings is 1. The topological polar surface area (TPSA) is 107 Å². The van der Waals surface area contributed by atoms with Crippen LogP contribution < -0.4 is 5.32 Å². The molecular formula is C18H22F3N3O5S. The number of halogens is 3. The molecule has 1 aliphatic rings. The van der Waals surface area contributed by atoms with E-state index in [2.05, 4.69) is 5.32 Å². The number of nitrogens with one attached hydrogen (secondary N) is 1. The third-order valence-electron chi connectivity index (χ3n) is 4.51. The van der Waals surface area contributed by atoms with Crippen LogP contribution in [0.3, 0.4) is 0 Å². The van der Waals surface area contributed by atoms with E-state index in [1.54, 1.807) is 19.0 Å². The summed E-state index contributed by atoms with van der Waals surface area (Å²) in [6.07, 6.45) is -4.63. The molecule has 0 fully saturated rings. The predicted octanol–water partition coefficient (Wildman–Crippen LogP) is 2.20. The quantitative estimate of drug-likeness (QED) is 0.661. The Morgan fingerprint density at radius 2 is 1.87 bits per heavy atom. The molecule has 8 nitrogen and oxygen atoms in total. The Kier molecular flexibility index (Phi) is 6.82. The van der Waals surface area contributed by atoms with Crippen molar-refractivity contribution in [1.82, 2.24) is 14.5 Å². The van der Waals surface area contributed by atoms with Gasteiger partial charge >= 0.3 is 18.2 Å². The van der Waals surface area contributed by atoms with Crippen molar-refractivity contribution in [2.45, 2.75) is 25.6 Å². The number of rotatable bonds is 7. The van der Waals surface area contributed by atoms with E-state index >= 15 is 0 Å². The largest absolute Gasteiger partial charge is 0.478 e. The highest BCUT2D eigenvalue weighted by atomic mass is 32.2. The van der Waals surface area contributed by atoms with E-state index < -0.39 is 62.4 Å². The van der Waals surface area contributed by atoms with Crippen LogP contribution in [0, 0.1) is 0 Å². The zero-order valence-corrected chi connectivity index (χ0v) is 17.3. The van der Waals surface area contributed by atoms with Gasteiger partial charge in [0, 0.05) is 5.56 Å². The highest BCUT2D eigenvalue weighted by Crippen LogP contribution is 2.37. The van der Waals surface area contributed by atoms with Gasteiger partial charge in [0.1, 0.15) is 0 Å². The van der Waals surface area contributed by atoms with Crippen LogP contribution in [-0.2, 0) is 21.0 Å². The molecule has 1 atom stereocenters. The maximum Gasteiger partial charge on any atom is 0.417 e. The van der Waals surface area contributed by atoms with Crippen molar-refractivity contribution in [3.05, 3.63) is 41.0 Å². The van der Waals surface area contributed by atoms with Crippen molar-refractivity contribution < 1.29 is 36.3 Å². The first kappa shape index (κ1) is 23.7. The lowest BCUT2D eigenvalue weighted by Crippen LogP contribution is -2.54. The Bertz CT molecular complexity index is 974. The van der Waals surface area contributed by atoms with Crippen LogP contribution in [0.15, 0.2) is 29.8 Å². The second-order valence-electron chi connectivity index (χ2n) is 7.01. The molecule has 0 aromatic heterocycles. The Balaban J connectivity index is 2.56. The molecule has 0 aliphatic carbocycles. The van der Waals surface area contributed by atoms with Crippen molar-refractivity contribution in [3.8, 4) is 0 Å². The van der Waals surface area contributed by atoms with Crippen molar-refractivity contribution in [1.29, 1.82) is 0 Å². The lowest BCUT2D eigenvalue weighted by atomic mass is 9.95. The zero-order valence-electron chi connectivity index (χ0n) is 16.5. The average molecular weight is 449 g/mol. The van der Waals surface area contributed by atoms with Gasteiger partial charge in [0.05, 0.1) is 28.6 Å². The average Bonchev–Trinajstić information content (AvgIpc) is 2.59. The second kappa shape index (κ2) is 8.64. The first-order valence-corrected chi connectivity index (χ1v) is 10.5. The van der Waals surface area contributed by atoms with Crippen molar-refractivity contribution in [3.63, 3.8) is 0 Å². The number of hydrogen-bond acceptors (Lipinski definition) is 5. The van der Waals surface area contributed by atoms with Crippen LogP contribution in [0.5, 0.6) is 0 Å². The summed E-state index contributed by atoms with van der Waals surface area (Å²) in [5.41, 5.74) is -2.92. The van der Waals surface area contributed by atoms with Crippen molar-refractivity contribution >= 4 is 27.7 Å². The van der Waals surface area contributed by atoms with E-state index in [-0.39, 0.29) is 6.42 Å². The summed E-state index contributed by atoms with van der Waals surface area (Å²) in [5.74, 6) is -2.06. The lowest BCUT2D eigenvalue weighted by molar-refractivity contribution is -0.138. The number of alkyl halides is 3. The molecule has 12 heteroatoms. The molecular weight excluding hydrogens is 427 g/mol. The summed E-state index contributed by atoms with van der Waals surface area (Å²) in [6, 6.07) is 1.46. The number of carboxylic acid groups (broad SMARTS) is 1. The Hall–Kier alpha value is -2.60. The van der Waals surface area contributed by atoms with E-state index in [0.29, 0.717) is 10.8 Å². The second-order valence-corrected chi connectivity index (χ2v) is 8.98. The molecule has 1 unspecified atom stereocenters. The maximum atomic E-state index is 13.4. The number of carbonyl (C=O) groups excluding carboxylic acids is 1. The number of amides is 2. The fourth-order valence-corrected chi connectivity index (χ4v) is 4.78. The van der Waals surface area contributed by atoms with Gasteiger partial charge in [0.25, 0.3) is 0 Å². The maximum absolute atomic E-state index is 13.4. The Morgan fingerprint density at radius 3 is 2.40 bits per heavy atom. The van der Waals surface area contributed by atoms with E-state index in [4.69, 9.17) is 0 Å². The molecule has 0 radical (unpaired) electrons. The molecule has 0 saturated carbocycles. The molecule has 1 heterocycles. The molecule has 2 N–H and O–H groups in total. The van der Waals surface area contributed by atoms with Gasteiger partial charge in [-0.1, -0.05) is 18.2 Å². The minimum absolute atomic E-state index is 0.182. The molecule has 0 spiro atoms. The minimum Gasteiger partial charge on any atom is -0.478 e. The number of carbonyl (C=O) groups is 2. The van der Waals surface area contributed by atoms with Gasteiger partial charge in [-0.05, 0) is 40.1 Å². The number of sulfonamides is 1. The number of aliphatic carboxylic acids is 1. The van der Waals surface area contributed by atoms with E-state index in [1.165, 1.54) is 6.07 Å². The summed E-state index contributed by atoms with van der Waals surface area (Å²) in [5, 5.41) is 11.7.